The van der Waals surface area contributed by atoms with Crippen molar-refractivity contribution in [3.8, 4) is 0 Å². The first-order valence-corrected chi connectivity index (χ1v) is 28.6. The molecule has 0 radical (unpaired) electrons. The maximum absolute atomic E-state index is 13.8. The smallest absolute Gasteiger partial charge is 0.387 e. The van der Waals surface area contributed by atoms with E-state index in [1.807, 2.05) is 4.98 Å². The lowest BCUT2D eigenvalue weighted by atomic mass is 9.94. The topological polar surface area (TPSA) is 518 Å². The molecule has 0 saturated carbocycles. The van der Waals surface area contributed by atoms with Crippen molar-refractivity contribution in [1.82, 2.24) is 48.5 Å². The van der Waals surface area contributed by atoms with Crippen LogP contribution in [0, 0.1) is 11.8 Å². The van der Waals surface area contributed by atoms with Crippen LogP contribution in [0.4, 0.5) is 11.8 Å². The number of carbonyl (C=O) groups excluding carboxylic acids is 1. The number of aromatic nitrogens is 10. The number of aryl methyl sites for hydroxylation is 1. The van der Waals surface area contributed by atoms with Crippen molar-refractivity contribution in [3.05, 3.63) is 62.4 Å². The second kappa shape index (κ2) is 22.2. The third kappa shape index (κ3) is 12.5. The lowest BCUT2D eigenvalue weighted by Crippen LogP contribution is -2.45. The van der Waals surface area contributed by atoms with Crippen molar-refractivity contribution >= 4 is 71.1 Å². The van der Waals surface area contributed by atoms with Gasteiger partial charge in [0.1, 0.15) is 42.4 Å². The Morgan fingerprint density at radius 1 is 0.818 bits per heavy atom. The minimum atomic E-state index is -6.20. The van der Waals surface area contributed by atoms with E-state index in [1.54, 1.807) is 0 Å². The Hall–Kier alpha value is -5.07. The van der Waals surface area contributed by atoms with Gasteiger partial charge in [-0.25, -0.2) is 38.0 Å². The van der Waals surface area contributed by atoms with Crippen LogP contribution in [-0.4, -0.2) is 179 Å². The number of hydrogen-bond donors (Lipinski definition) is 11. The molecule has 5 aromatic heterocycles. The molecule has 0 aliphatic carbocycles. The molecule has 8 rings (SSSR count). The second-order valence-corrected chi connectivity index (χ2v) is 24.4. The number of methoxy groups -OCH3 is 1. The first kappa shape index (κ1) is 58.1. The molecule has 77 heavy (non-hydrogen) atoms. The molecule has 0 spiro atoms. The zero-order valence-corrected chi connectivity index (χ0v) is 44.0. The number of hydrogen-bond acceptors (Lipinski definition) is 26. The van der Waals surface area contributed by atoms with Crippen molar-refractivity contribution in [2.24, 2.45) is 18.9 Å². The van der Waals surface area contributed by atoms with Crippen molar-refractivity contribution in [2.45, 2.75) is 67.8 Å². The van der Waals surface area contributed by atoms with E-state index in [9.17, 15) is 72.3 Å². The number of phosphoric acid groups is 3. The van der Waals surface area contributed by atoms with Gasteiger partial charge in [-0.2, -0.15) is 8.62 Å². The molecule has 424 valence electrons. The highest BCUT2D eigenvalue weighted by Gasteiger charge is 2.53. The number of aromatic amines is 2. The molecule has 0 bridgehead atoms. The van der Waals surface area contributed by atoms with Gasteiger partial charge in [0.25, 0.3) is 17.1 Å². The van der Waals surface area contributed by atoms with Gasteiger partial charge in [-0.15, -0.1) is 0 Å². The van der Waals surface area contributed by atoms with Crippen molar-refractivity contribution in [2.75, 3.05) is 58.7 Å². The highest BCUT2D eigenvalue weighted by molar-refractivity contribution is 7.66. The standard InChI is InChI=1S/C36H51N13O24P4/c1-45(2)21(51)7-15-17(69-32(24(15)52)49-14-46(3)23-30(49)43-35(38)44-31(23)55)8-67-75(59,60)72-77(63,64)73-76(61,62)68-9-18-16(27(65-4)34(70-18)48-13-41-22-28(37)39-12-40-29(22)48)11-74(57,58)66-10-19-25(53)26(54)33(71-19)47-6-5-20(50)42-36(47)56/h5-6,12-19,24-27,32-34,52-54H,7-11H2,1-4H3,(H9-,37,38,39,40,42,43,44,50,55,56,57,58,59,60,61,62,63,64)/p+1/t15-,16-,17-,18-,19-,24-,25-,26-,27-,32?,33-,34-/m1/s1. The molecule has 13 N–H and O–H groups in total. The van der Waals surface area contributed by atoms with E-state index in [1.165, 1.54) is 52.4 Å². The van der Waals surface area contributed by atoms with Gasteiger partial charge in [0.05, 0.1) is 51.6 Å². The molecule has 16 atom stereocenters. The van der Waals surface area contributed by atoms with E-state index in [4.69, 9.17) is 44.0 Å². The molecule has 5 unspecified atom stereocenters. The number of phosphoric ester groups is 2. The number of aliphatic hydroxyl groups is 3. The summed E-state index contributed by atoms with van der Waals surface area (Å²) in [5, 5.41) is 32.8. The summed E-state index contributed by atoms with van der Waals surface area (Å²) in [5.74, 6) is -3.56. The largest absolute Gasteiger partial charge is 0.490 e. The van der Waals surface area contributed by atoms with Crippen LogP contribution >= 0.6 is 31.1 Å². The highest BCUT2D eigenvalue weighted by atomic mass is 31.3. The molecule has 1 amide bonds. The van der Waals surface area contributed by atoms with Gasteiger partial charge in [-0.3, -0.25) is 51.7 Å². The Morgan fingerprint density at radius 3 is 2.09 bits per heavy atom. The van der Waals surface area contributed by atoms with Crippen LogP contribution in [0.3, 0.4) is 0 Å². The predicted octanol–water partition coefficient (Wildman–Crippen LogP) is -3.83. The molecule has 41 heteroatoms. The second-order valence-electron chi connectivity index (χ2n) is 17.8. The van der Waals surface area contributed by atoms with Crippen LogP contribution in [0.5, 0.6) is 0 Å². The summed E-state index contributed by atoms with van der Waals surface area (Å²) in [6, 6.07) is 0.941. The normalized spacial score (nSPS) is 29.8. The minimum absolute atomic E-state index is 0.00425. The summed E-state index contributed by atoms with van der Waals surface area (Å²) in [4.78, 5) is 114. The summed E-state index contributed by atoms with van der Waals surface area (Å²) < 4.78 is 105. The lowest BCUT2D eigenvalue weighted by molar-refractivity contribution is -0.745. The van der Waals surface area contributed by atoms with Gasteiger partial charge in [-0.1, -0.05) is 4.98 Å². The molecule has 8 heterocycles. The van der Waals surface area contributed by atoms with E-state index in [2.05, 4.69) is 33.5 Å². The van der Waals surface area contributed by atoms with Crippen LogP contribution in [-0.2, 0) is 71.2 Å². The predicted molar refractivity (Wildman–Crippen MR) is 252 cm³/mol. The number of nitrogens with zero attached hydrogens (tertiary/aromatic N) is 9. The number of ether oxygens (including phenoxy) is 4. The van der Waals surface area contributed by atoms with E-state index in [0.717, 1.165) is 30.3 Å². The van der Waals surface area contributed by atoms with Crippen molar-refractivity contribution < 1.29 is 104 Å². The van der Waals surface area contributed by atoms with Gasteiger partial charge in [-0.05, 0) is 0 Å². The highest BCUT2D eigenvalue weighted by Crippen LogP contribution is 2.68. The number of amides is 1. The van der Waals surface area contributed by atoms with Crippen LogP contribution in [0.25, 0.3) is 22.3 Å². The molecule has 3 saturated heterocycles. The van der Waals surface area contributed by atoms with Gasteiger partial charge in [0, 0.05) is 51.7 Å². The Morgan fingerprint density at radius 2 is 1.45 bits per heavy atom. The first-order valence-electron chi connectivity index (χ1n) is 22.4. The van der Waals surface area contributed by atoms with Gasteiger partial charge >= 0.3 is 42.4 Å². The van der Waals surface area contributed by atoms with E-state index >= 15 is 0 Å². The van der Waals surface area contributed by atoms with Gasteiger partial charge in [0.15, 0.2) is 30.2 Å². The summed E-state index contributed by atoms with van der Waals surface area (Å²) in [5.41, 5.74) is 9.33. The fourth-order valence-electron chi connectivity index (χ4n) is 8.90. The van der Waals surface area contributed by atoms with Gasteiger partial charge in [0.2, 0.25) is 17.7 Å². The van der Waals surface area contributed by atoms with E-state index < -0.39 is 159 Å². The average Bonchev–Trinajstić information content (AvgIpc) is 4.13. The van der Waals surface area contributed by atoms with Crippen LogP contribution in [0.1, 0.15) is 25.1 Å². The summed E-state index contributed by atoms with van der Waals surface area (Å²) >= 11 is 0. The third-order valence-corrected chi connectivity index (χ3v) is 18.2. The molecular formula is C36H52N13O24P4+. The molecule has 3 aliphatic rings. The maximum atomic E-state index is 13.8. The van der Waals surface area contributed by atoms with Crippen molar-refractivity contribution in [1.29, 1.82) is 0 Å². The van der Waals surface area contributed by atoms with Crippen molar-refractivity contribution in [3.63, 3.8) is 0 Å². The number of nitrogen functional groups attached to an aromatic ring is 2. The molecule has 3 aliphatic heterocycles. The van der Waals surface area contributed by atoms with E-state index in [-0.39, 0.29) is 34.1 Å². The lowest BCUT2D eigenvalue weighted by Gasteiger charge is -2.26. The fraction of sp³-hybridized carbons (Fsp3) is 0.583. The first-order chi connectivity index (χ1) is 36.0. The number of fused-ring (bicyclic) bond motifs is 2. The SMILES string of the molecule is CO[C@@H]1[C@H](CP(=O)(O)OC[C@H]2O[C@@H](n3ccc(=O)[nH]c3=O)[C@H](O)[C@@H]2O)[C@@H](COP(=O)(O)OP(=O)(O)OP(=O)(O)OC[C@H]2OC([n+]3cn(C)c4c(=O)[nH]c(N)nc43)[C@H](O)[C@@H]2CC(=O)N(C)C)O[C@H]1n1cnc2c(N)ncnc21. The maximum Gasteiger partial charge on any atom is 0.490 e. The minimum Gasteiger partial charge on any atom is -0.387 e. The number of carbonyl (C=O) groups is 1. The van der Waals surface area contributed by atoms with E-state index in [0.29, 0.717) is 0 Å². The Labute approximate surface area is 430 Å². The van der Waals surface area contributed by atoms with Crippen LogP contribution < -0.4 is 32.8 Å². The summed E-state index contributed by atoms with van der Waals surface area (Å²) in [6.07, 6.45) is -12.4. The zero-order valence-electron chi connectivity index (χ0n) is 40.4. The molecule has 3 fully saturated rings. The number of imidazole rings is 2. The quantitative estimate of drug-likeness (QED) is 0.0248. The number of rotatable bonds is 21. The number of nitrogens with one attached hydrogen (secondary N) is 2. The number of anilines is 2. The zero-order chi connectivity index (χ0) is 56.3. The Bertz CT molecular complexity index is 3410. The number of H-pyrrole nitrogens is 2. The third-order valence-electron chi connectivity index (χ3n) is 12.5. The molecular weight excluding hydrogens is 1120 g/mol. The Balaban J connectivity index is 0.951. The molecule has 5 aromatic rings. The monoisotopic (exact) mass is 1170 g/mol. The molecule has 0 aromatic carbocycles. The van der Waals surface area contributed by atoms with Crippen LogP contribution in [0.2, 0.25) is 0 Å². The summed E-state index contributed by atoms with van der Waals surface area (Å²) in [6.45, 7) is -3.10. The van der Waals surface area contributed by atoms with Gasteiger partial charge < -0.3 is 74.7 Å². The fourth-order valence-corrected chi connectivity index (χ4v) is 13.9. The Kier molecular flexibility index (Phi) is 16.8. The average molecular weight is 1170 g/mol. The number of aliphatic hydroxyl groups excluding tert-OH is 3. The molecule has 37 nitrogen and oxygen atoms in total. The summed E-state index contributed by atoms with van der Waals surface area (Å²) in [7, 11) is -17.5. The van der Waals surface area contributed by atoms with Crippen LogP contribution in [0.15, 0.2) is 45.6 Å². The number of nitrogens with two attached hydrogens (primary N) is 2.